The molecule has 0 aliphatic rings. The van der Waals surface area contributed by atoms with Crippen LogP contribution in [0, 0.1) is 0 Å². The van der Waals surface area contributed by atoms with E-state index >= 15 is 0 Å². The van der Waals surface area contributed by atoms with Crippen LogP contribution >= 0.6 is 0 Å². The van der Waals surface area contributed by atoms with Crippen molar-refractivity contribution < 1.29 is 4.79 Å². The fraction of sp³-hybridized carbons (Fsp3) is 0.227. The molecule has 2 heterocycles. The zero-order chi connectivity index (χ0) is 18.9. The van der Waals surface area contributed by atoms with Gasteiger partial charge in [-0.2, -0.15) is 0 Å². The second-order valence-corrected chi connectivity index (χ2v) is 6.46. The van der Waals surface area contributed by atoms with E-state index < -0.39 is 6.04 Å². The van der Waals surface area contributed by atoms with Gasteiger partial charge >= 0.3 is 0 Å². The molecule has 138 valence electrons. The number of carbonyl (C=O) groups excluding carboxylic acids is 1. The molecular formula is C22H24N4O. The average Bonchev–Trinajstić information content (AvgIpc) is 2.71. The van der Waals surface area contributed by atoms with Crippen LogP contribution in [-0.4, -0.2) is 22.4 Å². The molecule has 1 aromatic carbocycles. The quantitative estimate of drug-likeness (QED) is 0.615. The van der Waals surface area contributed by atoms with E-state index in [9.17, 15) is 4.79 Å². The molecule has 1 atom stereocenters. The van der Waals surface area contributed by atoms with Crippen molar-refractivity contribution in [2.24, 2.45) is 5.73 Å². The van der Waals surface area contributed by atoms with E-state index in [0.717, 1.165) is 24.8 Å². The van der Waals surface area contributed by atoms with Crippen LogP contribution in [0.5, 0.6) is 0 Å². The highest BCUT2D eigenvalue weighted by atomic mass is 16.1. The number of nitrogens with one attached hydrogen (secondary N) is 1. The summed E-state index contributed by atoms with van der Waals surface area (Å²) in [6, 6.07) is 15.2. The number of primary amides is 1. The van der Waals surface area contributed by atoms with Gasteiger partial charge in [0.25, 0.3) is 0 Å². The molecule has 0 spiro atoms. The van der Waals surface area contributed by atoms with E-state index in [1.54, 1.807) is 6.20 Å². The second-order valence-electron chi connectivity index (χ2n) is 6.46. The molecule has 3 aromatic rings. The van der Waals surface area contributed by atoms with E-state index in [1.807, 2.05) is 61.1 Å². The molecule has 5 heteroatoms. The molecule has 2 aromatic heterocycles. The van der Waals surface area contributed by atoms with Crippen LogP contribution in [-0.2, 0) is 24.1 Å². The molecule has 0 aliphatic carbocycles. The number of benzene rings is 1. The summed E-state index contributed by atoms with van der Waals surface area (Å²) in [5.41, 5.74) is 10.1. The van der Waals surface area contributed by atoms with Crippen molar-refractivity contribution >= 4 is 5.91 Å². The standard InChI is InChI=1S/C22H24N4O/c23-22(27)21(19-6-2-1-3-7-19)26-14-11-18-10-13-25-16-20(18)9-8-17-5-4-12-24-15-17/h1-7,10,12-13,15-16,21,26H,8-9,11,14H2,(H2,23,27). The lowest BCUT2D eigenvalue weighted by atomic mass is 10.0. The molecule has 3 rings (SSSR count). The Morgan fingerprint density at radius 1 is 0.889 bits per heavy atom. The molecule has 5 nitrogen and oxygen atoms in total. The molecule has 3 N–H and O–H groups in total. The average molecular weight is 360 g/mol. The Labute approximate surface area is 159 Å². The first kappa shape index (κ1) is 18.7. The number of nitrogens with two attached hydrogens (primary N) is 1. The van der Waals surface area contributed by atoms with Crippen LogP contribution in [0.4, 0.5) is 0 Å². The molecule has 0 fully saturated rings. The summed E-state index contributed by atoms with van der Waals surface area (Å²) in [5.74, 6) is -0.368. The van der Waals surface area contributed by atoms with Crippen molar-refractivity contribution in [3.05, 3.63) is 95.6 Å². The lowest BCUT2D eigenvalue weighted by molar-refractivity contribution is -0.120. The molecule has 0 aliphatic heterocycles. The van der Waals surface area contributed by atoms with Gasteiger partial charge in [-0.3, -0.25) is 14.8 Å². The number of amides is 1. The molecule has 0 saturated heterocycles. The third-order valence-electron chi connectivity index (χ3n) is 4.57. The predicted molar refractivity (Wildman–Crippen MR) is 106 cm³/mol. The Hall–Kier alpha value is -3.05. The van der Waals surface area contributed by atoms with Gasteiger partial charge in [0.2, 0.25) is 5.91 Å². The number of carbonyl (C=O) groups is 1. The minimum Gasteiger partial charge on any atom is -0.368 e. The van der Waals surface area contributed by atoms with Crippen molar-refractivity contribution in [2.75, 3.05) is 6.54 Å². The number of aryl methyl sites for hydroxylation is 2. The summed E-state index contributed by atoms with van der Waals surface area (Å²) >= 11 is 0. The summed E-state index contributed by atoms with van der Waals surface area (Å²) in [6.45, 7) is 0.659. The van der Waals surface area contributed by atoms with Crippen molar-refractivity contribution in [1.82, 2.24) is 15.3 Å². The van der Waals surface area contributed by atoms with E-state index in [1.165, 1.54) is 16.7 Å². The van der Waals surface area contributed by atoms with Crippen molar-refractivity contribution in [3.8, 4) is 0 Å². The van der Waals surface area contributed by atoms with Crippen LogP contribution in [0.15, 0.2) is 73.3 Å². The number of hydrogen-bond donors (Lipinski definition) is 2. The monoisotopic (exact) mass is 360 g/mol. The fourth-order valence-electron chi connectivity index (χ4n) is 3.13. The van der Waals surface area contributed by atoms with Gasteiger partial charge in [-0.25, -0.2) is 0 Å². The van der Waals surface area contributed by atoms with Gasteiger partial charge < -0.3 is 11.1 Å². The highest BCUT2D eigenvalue weighted by Gasteiger charge is 2.16. The summed E-state index contributed by atoms with van der Waals surface area (Å²) in [5, 5.41) is 3.28. The summed E-state index contributed by atoms with van der Waals surface area (Å²) in [6.07, 6.45) is 10.1. The first-order chi connectivity index (χ1) is 13.2. The van der Waals surface area contributed by atoms with Gasteiger partial charge in [0, 0.05) is 31.3 Å². The third kappa shape index (κ3) is 5.46. The topological polar surface area (TPSA) is 80.9 Å². The van der Waals surface area contributed by atoms with Crippen LogP contribution < -0.4 is 11.1 Å². The maximum atomic E-state index is 11.8. The van der Waals surface area contributed by atoms with Gasteiger partial charge in [-0.15, -0.1) is 0 Å². The number of rotatable bonds is 9. The highest BCUT2D eigenvalue weighted by molar-refractivity contribution is 5.81. The summed E-state index contributed by atoms with van der Waals surface area (Å²) < 4.78 is 0. The van der Waals surface area contributed by atoms with Gasteiger partial charge in [-0.1, -0.05) is 36.4 Å². The number of hydrogen-bond acceptors (Lipinski definition) is 4. The minimum absolute atomic E-state index is 0.368. The number of nitrogens with zero attached hydrogens (tertiary/aromatic N) is 2. The second kappa shape index (κ2) is 9.59. The van der Waals surface area contributed by atoms with E-state index in [-0.39, 0.29) is 5.91 Å². The minimum atomic E-state index is -0.480. The SMILES string of the molecule is NC(=O)C(NCCc1ccncc1CCc1cccnc1)c1ccccc1. The van der Waals surface area contributed by atoms with Crippen LogP contribution in [0.1, 0.15) is 28.3 Å². The molecule has 0 saturated carbocycles. The zero-order valence-electron chi connectivity index (χ0n) is 15.2. The maximum absolute atomic E-state index is 11.8. The Balaban J connectivity index is 1.60. The van der Waals surface area contributed by atoms with Gasteiger partial charge in [0.15, 0.2) is 0 Å². The van der Waals surface area contributed by atoms with Crippen LogP contribution in [0.25, 0.3) is 0 Å². The maximum Gasteiger partial charge on any atom is 0.239 e. The predicted octanol–water partition coefficient (Wildman–Crippen LogP) is 2.62. The Morgan fingerprint density at radius 3 is 2.44 bits per heavy atom. The Kier molecular flexibility index (Phi) is 6.66. The van der Waals surface area contributed by atoms with Gasteiger partial charge in [-0.05, 0) is 53.6 Å². The number of pyridine rings is 2. The molecule has 27 heavy (non-hydrogen) atoms. The van der Waals surface area contributed by atoms with E-state index in [2.05, 4.69) is 21.4 Å². The summed E-state index contributed by atoms with van der Waals surface area (Å²) in [4.78, 5) is 20.2. The van der Waals surface area contributed by atoms with Gasteiger partial charge in [0.1, 0.15) is 6.04 Å². The smallest absolute Gasteiger partial charge is 0.239 e. The molecule has 0 radical (unpaired) electrons. The van der Waals surface area contributed by atoms with Crippen molar-refractivity contribution in [1.29, 1.82) is 0 Å². The number of aromatic nitrogens is 2. The molecule has 1 amide bonds. The molecular weight excluding hydrogens is 336 g/mol. The first-order valence-electron chi connectivity index (χ1n) is 9.12. The van der Waals surface area contributed by atoms with E-state index in [4.69, 9.17) is 5.73 Å². The lowest BCUT2D eigenvalue weighted by Gasteiger charge is -2.16. The van der Waals surface area contributed by atoms with E-state index in [0.29, 0.717) is 6.54 Å². The Bertz CT molecular complexity index is 852. The molecule has 1 unspecified atom stereocenters. The summed E-state index contributed by atoms with van der Waals surface area (Å²) in [7, 11) is 0. The van der Waals surface area contributed by atoms with Crippen molar-refractivity contribution in [3.63, 3.8) is 0 Å². The lowest BCUT2D eigenvalue weighted by Crippen LogP contribution is -2.34. The first-order valence-corrected chi connectivity index (χ1v) is 9.12. The normalized spacial score (nSPS) is 11.9. The molecule has 0 bridgehead atoms. The largest absolute Gasteiger partial charge is 0.368 e. The fourth-order valence-corrected chi connectivity index (χ4v) is 3.13. The zero-order valence-corrected chi connectivity index (χ0v) is 15.2. The highest BCUT2D eigenvalue weighted by Crippen LogP contribution is 2.14. The van der Waals surface area contributed by atoms with Crippen molar-refractivity contribution in [2.45, 2.75) is 25.3 Å². The van der Waals surface area contributed by atoms with Gasteiger partial charge in [0.05, 0.1) is 0 Å². The third-order valence-corrected chi connectivity index (χ3v) is 4.57. The Morgan fingerprint density at radius 2 is 1.70 bits per heavy atom. The van der Waals surface area contributed by atoms with Crippen LogP contribution in [0.3, 0.4) is 0 Å². The van der Waals surface area contributed by atoms with Crippen LogP contribution in [0.2, 0.25) is 0 Å².